The largest absolute Gasteiger partial charge is 0.368 e. The third-order valence-corrected chi connectivity index (χ3v) is 4.59. The van der Waals surface area contributed by atoms with Crippen LogP contribution in [0, 0.1) is 5.92 Å². The van der Waals surface area contributed by atoms with Gasteiger partial charge in [0.1, 0.15) is 5.82 Å². The van der Waals surface area contributed by atoms with Gasteiger partial charge in [0.25, 0.3) is 0 Å². The van der Waals surface area contributed by atoms with Crippen molar-refractivity contribution in [2.75, 3.05) is 36.5 Å². The monoisotopic (exact) mass is 305 g/mol. The third kappa shape index (κ3) is 4.50. The molecule has 0 unspecified atom stereocenters. The molecular weight excluding hydrogens is 289 g/mol. The molecule has 0 aromatic carbocycles. The fourth-order valence-corrected chi connectivity index (χ4v) is 3.60. The average molecular weight is 306 g/mol. The number of halogens is 2. The standard InChI is InChI=1S/C12H17Cl2N3S/c13-10-5-11(14)12(17-7-10)16-3-2-15-6-9-1-4-18-8-9/h5,7,9,15H,1-4,6,8H2,(H,16,17)/t9-/m0/s1. The summed E-state index contributed by atoms with van der Waals surface area (Å²) in [7, 11) is 0. The Kier molecular flexibility index (Phi) is 5.89. The minimum Gasteiger partial charge on any atom is -0.368 e. The Labute approximate surface area is 122 Å². The molecule has 0 spiro atoms. The second-order valence-electron chi connectivity index (χ2n) is 4.34. The molecule has 1 aliphatic rings. The van der Waals surface area contributed by atoms with Crippen LogP contribution in [0.1, 0.15) is 6.42 Å². The molecule has 2 heterocycles. The van der Waals surface area contributed by atoms with Crippen molar-refractivity contribution in [2.45, 2.75) is 6.42 Å². The lowest BCUT2D eigenvalue weighted by Gasteiger charge is -2.11. The zero-order chi connectivity index (χ0) is 12.8. The normalized spacial score (nSPS) is 19.1. The summed E-state index contributed by atoms with van der Waals surface area (Å²) in [6.45, 7) is 2.84. The maximum absolute atomic E-state index is 6.01. The summed E-state index contributed by atoms with van der Waals surface area (Å²) in [5.74, 6) is 4.14. The van der Waals surface area contributed by atoms with Crippen molar-refractivity contribution in [2.24, 2.45) is 5.92 Å². The van der Waals surface area contributed by atoms with E-state index in [0.717, 1.165) is 25.6 Å². The van der Waals surface area contributed by atoms with Crippen molar-refractivity contribution in [3.63, 3.8) is 0 Å². The molecule has 0 aliphatic carbocycles. The molecule has 2 rings (SSSR count). The summed E-state index contributed by atoms with van der Waals surface area (Å²) in [6, 6.07) is 1.70. The maximum Gasteiger partial charge on any atom is 0.144 e. The SMILES string of the molecule is Clc1cnc(NCCNC[C@@H]2CCSC2)c(Cl)c1. The summed E-state index contributed by atoms with van der Waals surface area (Å²) in [5.41, 5.74) is 0. The predicted molar refractivity (Wildman–Crippen MR) is 81.0 cm³/mol. The number of aromatic nitrogens is 1. The first-order chi connectivity index (χ1) is 8.75. The lowest BCUT2D eigenvalue weighted by molar-refractivity contribution is 0.531. The van der Waals surface area contributed by atoms with E-state index in [-0.39, 0.29) is 0 Å². The molecule has 18 heavy (non-hydrogen) atoms. The molecule has 0 radical (unpaired) electrons. The molecule has 3 nitrogen and oxygen atoms in total. The number of thioether (sulfide) groups is 1. The predicted octanol–water partition coefficient (Wildman–Crippen LogP) is 3.14. The molecule has 0 bridgehead atoms. The molecule has 6 heteroatoms. The van der Waals surface area contributed by atoms with Gasteiger partial charge in [0.2, 0.25) is 0 Å². The van der Waals surface area contributed by atoms with Gasteiger partial charge in [0.05, 0.1) is 10.0 Å². The van der Waals surface area contributed by atoms with Gasteiger partial charge in [-0.05, 0) is 36.5 Å². The molecule has 1 fully saturated rings. The van der Waals surface area contributed by atoms with Crippen LogP contribution in [0.25, 0.3) is 0 Å². The minimum atomic E-state index is 0.558. The van der Waals surface area contributed by atoms with E-state index in [1.807, 2.05) is 0 Å². The van der Waals surface area contributed by atoms with Crippen LogP contribution in [-0.4, -0.2) is 36.1 Å². The Balaban J connectivity index is 1.62. The second-order valence-corrected chi connectivity index (χ2v) is 6.34. The topological polar surface area (TPSA) is 37.0 Å². The Morgan fingerprint density at radius 1 is 1.39 bits per heavy atom. The molecule has 1 atom stereocenters. The van der Waals surface area contributed by atoms with Gasteiger partial charge in [-0.2, -0.15) is 11.8 Å². The molecule has 1 aliphatic heterocycles. The van der Waals surface area contributed by atoms with Crippen LogP contribution in [0.2, 0.25) is 10.0 Å². The van der Waals surface area contributed by atoms with Gasteiger partial charge < -0.3 is 10.6 Å². The van der Waals surface area contributed by atoms with Gasteiger partial charge in [-0.15, -0.1) is 0 Å². The first-order valence-electron chi connectivity index (χ1n) is 6.09. The van der Waals surface area contributed by atoms with Crippen LogP contribution in [0.15, 0.2) is 12.3 Å². The highest BCUT2D eigenvalue weighted by atomic mass is 35.5. The summed E-state index contributed by atoms with van der Waals surface area (Å²) < 4.78 is 0. The van der Waals surface area contributed by atoms with Crippen molar-refractivity contribution >= 4 is 40.8 Å². The molecule has 0 amide bonds. The van der Waals surface area contributed by atoms with Crippen LogP contribution < -0.4 is 10.6 Å². The summed E-state index contributed by atoms with van der Waals surface area (Å²) in [4.78, 5) is 4.15. The smallest absolute Gasteiger partial charge is 0.144 e. The molecule has 1 aromatic heterocycles. The summed E-state index contributed by atoms with van der Waals surface area (Å²) in [6.07, 6.45) is 2.94. The number of hydrogen-bond acceptors (Lipinski definition) is 4. The van der Waals surface area contributed by atoms with Crippen LogP contribution in [0.3, 0.4) is 0 Å². The van der Waals surface area contributed by atoms with E-state index in [0.29, 0.717) is 15.9 Å². The maximum atomic E-state index is 6.01. The molecule has 100 valence electrons. The number of pyridine rings is 1. The van der Waals surface area contributed by atoms with Gasteiger partial charge in [-0.25, -0.2) is 4.98 Å². The van der Waals surface area contributed by atoms with E-state index in [2.05, 4.69) is 27.4 Å². The first kappa shape index (κ1) is 14.3. The Morgan fingerprint density at radius 2 is 2.28 bits per heavy atom. The number of nitrogens with one attached hydrogen (secondary N) is 2. The van der Waals surface area contributed by atoms with Gasteiger partial charge in [0, 0.05) is 19.3 Å². The minimum absolute atomic E-state index is 0.558. The zero-order valence-electron chi connectivity index (χ0n) is 10.1. The van der Waals surface area contributed by atoms with Crippen molar-refractivity contribution < 1.29 is 0 Å². The molecule has 1 saturated heterocycles. The van der Waals surface area contributed by atoms with Gasteiger partial charge in [0.15, 0.2) is 0 Å². The fraction of sp³-hybridized carbons (Fsp3) is 0.583. The van der Waals surface area contributed by atoms with E-state index in [9.17, 15) is 0 Å². The van der Waals surface area contributed by atoms with Crippen molar-refractivity contribution in [3.05, 3.63) is 22.3 Å². The number of hydrogen-bond donors (Lipinski definition) is 2. The van der Waals surface area contributed by atoms with Crippen LogP contribution >= 0.6 is 35.0 Å². The molecular formula is C12H17Cl2N3S. The molecule has 0 saturated carbocycles. The summed E-state index contributed by atoms with van der Waals surface area (Å²) >= 11 is 13.8. The lowest BCUT2D eigenvalue weighted by atomic mass is 10.1. The Morgan fingerprint density at radius 3 is 3.00 bits per heavy atom. The second kappa shape index (κ2) is 7.43. The highest BCUT2D eigenvalue weighted by molar-refractivity contribution is 7.99. The van der Waals surface area contributed by atoms with Crippen molar-refractivity contribution in [1.29, 1.82) is 0 Å². The van der Waals surface area contributed by atoms with E-state index in [1.165, 1.54) is 17.9 Å². The van der Waals surface area contributed by atoms with E-state index in [1.54, 1.807) is 12.3 Å². The van der Waals surface area contributed by atoms with Crippen LogP contribution in [0.4, 0.5) is 5.82 Å². The van der Waals surface area contributed by atoms with Gasteiger partial charge in [-0.3, -0.25) is 0 Å². The van der Waals surface area contributed by atoms with Crippen molar-refractivity contribution in [1.82, 2.24) is 10.3 Å². The van der Waals surface area contributed by atoms with E-state index < -0.39 is 0 Å². The molecule has 1 aromatic rings. The highest BCUT2D eigenvalue weighted by Crippen LogP contribution is 2.23. The quantitative estimate of drug-likeness (QED) is 0.792. The zero-order valence-corrected chi connectivity index (χ0v) is 12.4. The number of nitrogens with zero attached hydrogens (tertiary/aromatic N) is 1. The Hall–Kier alpha value is -0.160. The van der Waals surface area contributed by atoms with Gasteiger partial charge in [-0.1, -0.05) is 23.2 Å². The van der Waals surface area contributed by atoms with Crippen LogP contribution in [-0.2, 0) is 0 Å². The van der Waals surface area contributed by atoms with Crippen LogP contribution in [0.5, 0.6) is 0 Å². The van der Waals surface area contributed by atoms with Crippen molar-refractivity contribution in [3.8, 4) is 0 Å². The number of rotatable bonds is 6. The summed E-state index contributed by atoms with van der Waals surface area (Å²) in [5, 5.41) is 7.77. The van der Waals surface area contributed by atoms with E-state index in [4.69, 9.17) is 23.2 Å². The van der Waals surface area contributed by atoms with Gasteiger partial charge >= 0.3 is 0 Å². The lowest BCUT2D eigenvalue weighted by Crippen LogP contribution is -2.27. The fourth-order valence-electron chi connectivity index (χ4n) is 1.86. The average Bonchev–Trinajstić information content (AvgIpc) is 2.84. The highest BCUT2D eigenvalue weighted by Gasteiger charge is 2.14. The third-order valence-electron chi connectivity index (χ3n) is 2.86. The molecule has 2 N–H and O–H groups in total. The number of anilines is 1. The van der Waals surface area contributed by atoms with E-state index >= 15 is 0 Å². The first-order valence-corrected chi connectivity index (χ1v) is 8.00. The Bertz CT molecular complexity index is 384.